The maximum absolute atomic E-state index is 10.9. The summed E-state index contributed by atoms with van der Waals surface area (Å²) in [7, 11) is 0. The van der Waals surface area contributed by atoms with Crippen LogP contribution in [0.5, 0.6) is 0 Å². The Morgan fingerprint density at radius 3 is 3.00 bits per heavy atom. The monoisotopic (exact) mass is 220 g/mol. The lowest BCUT2D eigenvalue weighted by Crippen LogP contribution is -2.02. The lowest BCUT2D eigenvalue weighted by molar-refractivity contribution is 0.0698. The molecule has 2 aromatic rings. The average Bonchev–Trinajstić information content (AvgIpc) is 2.71. The molecule has 15 heavy (non-hydrogen) atoms. The Bertz CT molecular complexity index is 468. The predicted octanol–water partition coefficient (Wildman–Crippen LogP) is 2.58. The van der Waals surface area contributed by atoms with Gasteiger partial charge in [-0.15, -0.1) is 0 Å². The van der Waals surface area contributed by atoms with Gasteiger partial charge in [-0.1, -0.05) is 0 Å². The number of nitrogens with one attached hydrogen (secondary N) is 1. The first-order chi connectivity index (χ1) is 7.27. The highest BCUT2D eigenvalue weighted by Crippen LogP contribution is 2.21. The molecule has 4 nitrogen and oxygen atoms in total. The molecule has 0 spiro atoms. The van der Waals surface area contributed by atoms with Crippen LogP contribution >= 0.6 is 11.3 Å². The first kappa shape index (κ1) is 9.67. The van der Waals surface area contributed by atoms with E-state index in [4.69, 9.17) is 5.11 Å². The zero-order valence-electron chi connectivity index (χ0n) is 7.68. The maximum Gasteiger partial charge on any atom is 0.337 e. The molecule has 76 valence electrons. The van der Waals surface area contributed by atoms with E-state index in [-0.39, 0.29) is 5.56 Å². The van der Waals surface area contributed by atoms with E-state index in [0.717, 1.165) is 5.69 Å². The van der Waals surface area contributed by atoms with Gasteiger partial charge in [-0.3, -0.25) is 4.98 Å². The van der Waals surface area contributed by atoms with Gasteiger partial charge in [-0.2, -0.15) is 11.3 Å². The van der Waals surface area contributed by atoms with E-state index in [1.807, 2.05) is 16.8 Å². The molecule has 2 aromatic heterocycles. The summed E-state index contributed by atoms with van der Waals surface area (Å²) >= 11 is 1.54. The lowest BCUT2D eigenvalue weighted by atomic mass is 10.2. The SMILES string of the molecule is O=C(O)c1ccncc1Nc1ccsc1. The van der Waals surface area contributed by atoms with Gasteiger partial charge in [0, 0.05) is 17.3 Å². The van der Waals surface area contributed by atoms with Crippen molar-refractivity contribution in [3.8, 4) is 0 Å². The van der Waals surface area contributed by atoms with Crippen molar-refractivity contribution in [3.05, 3.63) is 40.8 Å². The second-order valence-corrected chi connectivity index (χ2v) is 3.64. The summed E-state index contributed by atoms with van der Waals surface area (Å²) in [6, 6.07) is 3.35. The fraction of sp³-hybridized carbons (Fsp3) is 0. The molecule has 5 heteroatoms. The number of hydrogen-bond acceptors (Lipinski definition) is 4. The van der Waals surface area contributed by atoms with Gasteiger partial charge >= 0.3 is 5.97 Å². The standard InChI is InChI=1S/C10H8N2O2S/c13-10(14)8-1-3-11-5-9(8)12-7-2-4-15-6-7/h1-6,12H,(H,13,14). The quantitative estimate of drug-likeness (QED) is 0.834. The van der Waals surface area contributed by atoms with E-state index < -0.39 is 5.97 Å². The summed E-state index contributed by atoms with van der Waals surface area (Å²) in [6.45, 7) is 0. The smallest absolute Gasteiger partial charge is 0.337 e. The number of anilines is 2. The molecule has 2 N–H and O–H groups in total. The van der Waals surface area contributed by atoms with Gasteiger partial charge in [-0.25, -0.2) is 4.79 Å². The van der Waals surface area contributed by atoms with Crippen LogP contribution in [-0.2, 0) is 0 Å². The molecule has 0 saturated heterocycles. The highest BCUT2D eigenvalue weighted by atomic mass is 32.1. The van der Waals surface area contributed by atoms with Crippen molar-refractivity contribution in [2.45, 2.75) is 0 Å². The number of nitrogens with zero attached hydrogens (tertiary/aromatic N) is 1. The largest absolute Gasteiger partial charge is 0.478 e. The zero-order valence-corrected chi connectivity index (χ0v) is 8.49. The fourth-order valence-corrected chi connectivity index (χ4v) is 1.76. The minimum atomic E-state index is -0.963. The van der Waals surface area contributed by atoms with Crippen molar-refractivity contribution >= 4 is 28.7 Å². The number of thiophene rings is 1. The number of hydrogen-bond donors (Lipinski definition) is 2. The van der Waals surface area contributed by atoms with Crippen molar-refractivity contribution in [1.29, 1.82) is 0 Å². The number of carboxylic acid groups (broad SMARTS) is 1. The molecule has 0 fully saturated rings. The van der Waals surface area contributed by atoms with Crippen LogP contribution < -0.4 is 5.32 Å². The summed E-state index contributed by atoms with van der Waals surface area (Å²) in [5.74, 6) is -0.963. The second-order valence-electron chi connectivity index (χ2n) is 2.86. The van der Waals surface area contributed by atoms with Crippen LogP contribution in [-0.4, -0.2) is 16.1 Å². The van der Waals surface area contributed by atoms with E-state index in [2.05, 4.69) is 10.3 Å². The van der Waals surface area contributed by atoms with Crippen molar-refractivity contribution in [1.82, 2.24) is 4.98 Å². The normalized spacial score (nSPS) is 9.87. The number of aromatic carboxylic acids is 1. The molecule has 0 amide bonds. The molecule has 0 radical (unpaired) electrons. The number of carbonyl (C=O) groups is 1. The predicted molar refractivity (Wildman–Crippen MR) is 58.8 cm³/mol. The Morgan fingerprint density at radius 2 is 2.33 bits per heavy atom. The molecular formula is C10H8N2O2S. The van der Waals surface area contributed by atoms with E-state index in [1.54, 1.807) is 11.3 Å². The molecule has 0 aliphatic rings. The molecule has 0 unspecified atom stereocenters. The minimum absolute atomic E-state index is 0.219. The summed E-state index contributed by atoms with van der Waals surface area (Å²) in [5, 5.41) is 15.7. The summed E-state index contributed by atoms with van der Waals surface area (Å²) in [6.07, 6.45) is 2.96. The highest BCUT2D eigenvalue weighted by Gasteiger charge is 2.09. The van der Waals surface area contributed by atoms with Crippen molar-refractivity contribution in [2.24, 2.45) is 0 Å². The third kappa shape index (κ3) is 2.13. The summed E-state index contributed by atoms with van der Waals surface area (Å²) in [5.41, 5.74) is 1.59. The summed E-state index contributed by atoms with van der Waals surface area (Å²) in [4.78, 5) is 14.8. The summed E-state index contributed by atoms with van der Waals surface area (Å²) < 4.78 is 0. The maximum atomic E-state index is 10.9. The Morgan fingerprint density at radius 1 is 1.47 bits per heavy atom. The number of pyridine rings is 1. The Balaban J connectivity index is 2.32. The number of rotatable bonds is 3. The van der Waals surface area contributed by atoms with E-state index in [9.17, 15) is 4.79 Å². The van der Waals surface area contributed by atoms with Gasteiger partial charge in [-0.05, 0) is 17.5 Å². The first-order valence-corrected chi connectivity index (χ1v) is 5.18. The second kappa shape index (κ2) is 4.10. The van der Waals surface area contributed by atoms with Gasteiger partial charge in [0.15, 0.2) is 0 Å². The minimum Gasteiger partial charge on any atom is -0.478 e. The fourth-order valence-electron chi connectivity index (χ4n) is 1.17. The van der Waals surface area contributed by atoms with Crippen LogP contribution in [0.3, 0.4) is 0 Å². The zero-order chi connectivity index (χ0) is 10.7. The highest BCUT2D eigenvalue weighted by molar-refractivity contribution is 7.08. The van der Waals surface area contributed by atoms with Crippen molar-refractivity contribution in [3.63, 3.8) is 0 Å². The third-order valence-corrected chi connectivity index (χ3v) is 2.53. The molecule has 2 rings (SSSR count). The van der Waals surface area contributed by atoms with Gasteiger partial charge in [0.05, 0.1) is 17.4 Å². The van der Waals surface area contributed by atoms with Crippen LogP contribution in [0.15, 0.2) is 35.3 Å². The number of carboxylic acids is 1. The lowest BCUT2D eigenvalue weighted by Gasteiger charge is -2.06. The van der Waals surface area contributed by atoms with Crippen LogP contribution in [0.25, 0.3) is 0 Å². The topological polar surface area (TPSA) is 62.2 Å². The molecule has 0 bridgehead atoms. The average molecular weight is 220 g/mol. The van der Waals surface area contributed by atoms with Gasteiger partial charge in [0.1, 0.15) is 0 Å². The van der Waals surface area contributed by atoms with Gasteiger partial charge in [0.25, 0.3) is 0 Å². The first-order valence-electron chi connectivity index (χ1n) is 4.24. The molecule has 0 saturated carbocycles. The van der Waals surface area contributed by atoms with Gasteiger partial charge in [0.2, 0.25) is 0 Å². The Kier molecular flexibility index (Phi) is 2.64. The Hall–Kier alpha value is -1.88. The van der Waals surface area contributed by atoms with E-state index in [1.165, 1.54) is 18.5 Å². The number of aromatic nitrogens is 1. The molecule has 0 aromatic carbocycles. The third-order valence-electron chi connectivity index (χ3n) is 1.85. The van der Waals surface area contributed by atoms with Crippen LogP contribution in [0.1, 0.15) is 10.4 Å². The van der Waals surface area contributed by atoms with Crippen LogP contribution in [0, 0.1) is 0 Å². The van der Waals surface area contributed by atoms with E-state index in [0.29, 0.717) is 5.69 Å². The molecule has 0 atom stereocenters. The molecule has 0 aliphatic heterocycles. The van der Waals surface area contributed by atoms with E-state index >= 15 is 0 Å². The van der Waals surface area contributed by atoms with Crippen molar-refractivity contribution in [2.75, 3.05) is 5.32 Å². The Labute approximate surface area is 90.2 Å². The van der Waals surface area contributed by atoms with Crippen LogP contribution in [0.2, 0.25) is 0 Å². The molecule has 2 heterocycles. The van der Waals surface area contributed by atoms with Gasteiger partial charge < -0.3 is 10.4 Å². The molecular weight excluding hydrogens is 212 g/mol. The van der Waals surface area contributed by atoms with Crippen molar-refractivity contribution < 1.29 is 9.90 Å². The van der Waals surface area contributed by atoms with Crippen LogP contribution in [0.4, 0.5) is 11.4 Å². The molecule has 0 aliphatic carbocycles.